The van der Waals surface area contributed by atoms with Gasteiger partial charge in [-0.05, 0) is 66.2 Å². The van der Waals surface area contributed by atoms with Crippen LogP contribution in [-0.4, -0.2) is 23.8 Å². The molecule has 190 valence electrons. The van der Waals surface area contributed by atoms with E-state index in [9.17, 15) is 9.90 Å². The number of rotatable bonds is 4. The summed E-state index contributed by atoms with van der Waals surface area (Å²) < 4.78 is 12.2. The summed E-state index contributed by atoms with van der Waals surface area (Å²) in [5.41, 5.74) is 3.10. The molecule has 3 aromatic rings. The first kappa shape index (κ1) is 24.1. The van der Waals surface area contributed by atoms with Crippen LogP contribution < -0.4 is 4.74 Å². The number of aliphatic hydroxyl groups is 1. The van der Waals surface area contributed by atoms with Gasteiger partial charge in [0.25, 0.3) is 0 Å². The lowest BCUT2D eigenvalue weighted by molar-refractivity contribution is -0.330. The summed E-state index contributed by atoms with van der Waals surface area (Å²) in [5, 5.41) is 12.0. The molecule has 0 bridgehead atoms. The maximum atomic E-state index is 14.7. The number of carbonyl (C=O) groups excluding carboxylic acids is 1. The Morgan fingerprint density at radius 2 is 1.59 bits per heavy atom. The lowest BCUT2D eigenvalue weighted by atomic mass is 9.55. The first-order valence-corrected chi connectivity index (χ1v) is 13.4. The third-order valence-corrected chi connectivity index (χ3v) is 8.87. The van der Waals surface area contributed by atoms with E-state index < -0.39 is 17.3 Å². The van der Waals surface area contributed by atoms with Gasteiger partial charge in [-0.2, -0.15) is 0 Å². The van der Waals surface area contributed by atoms with E-state index in [0.717, 1.165) is 47.3 Å². The summed E-state index contributed by atoms with van der Waals surface area (Å²) in [4.78, 5) is 14.7. The minimum atomic E-state index is -1.26. The number of carbonyl (C=O) groups is 1. The van der Waals surface area contributed by atoms with Crippen molar-refractivity contribution in [3.8, 4) is 5.75 Å². The molecule has 3 aromatic carbocycles. The van der Waals surface area contributed by atoms with E-state index in [0.29, 0.717) is 19.3 Å². The van der Waals surface area contributed by atoms with Gasteiger partial charge in [0.2, 0.25) is 0 Å². The SMILES string of the molecule is COc1ccc(C2C3CCCCC3(O)OC(c3ccccc3)C23CCC(=Cc2ccccc2)C3=O)cc1. The lowest BCUT2D eigenvalue weighted by Crippen LogP contribution is -2.59. The van der Waals surface area contributed by atoms with Crippen molar-refractivity contribution in [2.45, 2.75) is 56.3 Å². The lowest BCUT2D eigenvalue weighted by Gasteiger charge is -2.58. The van der Waals surface area contributed by atoms with Crippen molar-refractivity contribution in [2.75, 3.05) is 7.11 Å². The monoisotopic (exact) mass is 494 g/mol. The Kier molecular flexibility index (Phi) is 6.26. The molecule has 1 saturated heterocycles. The van der Waals surface area contributed by atoms with Crippen molar-refractivity contribution in [3.63, 3.8) is 0 Å². The zero-order valence-electron chi connectivity index (χ0n) is 21.3. The molecule has 1 heterocycles. The van der Waals surface area contributed by atoms with Crippen molar-refractivity contribution in [1.82, 2.24) is 0 Å². The van der Waals surface area contributed by atoms with Crippen LogP contribution >= 0.6 is 0 Å². The highest BCUT2D eigenvalue weighted by Crippen LogP contribution is 2.67. The van der Waals surface area contributed by atoms with E-state index in [1.54, 1.807) is 7.11 Å². The van der Waals surface area contributed by atoms with Crippen LogP contribution in [0.4, 0.5) is 0 Å². The number of Topliss-reactive ketones (excluding diaryl/α,β-unsaturated/α-hetero) is 1. The highest BCUT2D eigenvalue weighted by molar-refractivity contribution is 6.07. The minimum Gasteiger partial charge on any atom is -0.497 e. The maximum Gasteiger partial charge on any atom is 0.169 e. The summed E-state index contributed by atoms with van der Waals surface area (Å²) >= 11 is 0. The molecule has 0 radical (unpaired) electrons. The van der Waals surface area contributed by atoms with Gasteiger partial charge in [-0.15, -0.1) is 0 Å². The summed E-state index contributed by atoms with van der Waals surface area (Å²) in [6, 6.07) is 28.2. The fourth-order valence-corrected chi connectivity index (χ4v) is 7.20. The van der Waals surface area contributed by atoms with Crippen LogP contribution in [0.25, 0.3) is 6.08 Å². The number of ketones is 1. The van der Waals surface area contributed by atoms with Gasteiger partial charge < -0.3 is 14.6 Å². The summed E-state index contributed by atoms with van der Waals surface area (Å²) in [5.74, 6) is -0.656. The van der Waals surface area contributed by atoms with Crippen molar-refractivity contribution in [1.29, 1.82) is 0 Å². The van der Waals surface area contributed by atoms with Gasteiger partial charge in [-0.25, -0.2) is 0 Å². The van der Waals surface area contributed by atoms with Gasteiger partial charge in [0, 0.05) is 18.3 Å². The van der Waals surface area contributed by atoms with Crippen LogP contribution in [0, 0.1) is 11.3 Å². The Bertz CT molecular complexity index is 1280. The highest BCUT2D eigenvalue weighted by atomic mass is 16.6. The summed E-state index contributed by atoms with van der Waals surface area (Å²) in [6.07, 6.45) is 6.26. The number of fused-ring (bicyclic) bond motifs is 1. The molecular formula is C33H34O4. The molecular weight excluding hydrogens is 460 g/mol. The van der Waals surface area contributed by atoms with Crippen LogP contribution in [0.5, 0.6) is 5.75 Å². The first-order chi connectivity index (χ1) is 18.0. The van der Waals surface area contributed by atoms with Crippen molar-refractivity contribution in [2.24, 2.45) is 11.3 Å². The molecule has 4 heteroatoms. The van der Waals surface area contributed by atoms with Crippen molar-refractivity contribution in [3.05, 3.63) is 107 Å². The Labute approximate surface area is 218 Å². The van der Waals surface area contributed by atoms with Gasteiger partial charge >= 0.3 is 0 Å². The molecule has 2 aliphatic carbocycles. The second-order valence-corrected chi connectivity index (χ2v) is 10.8. The average molecular weight is 495 g/mol. The van der Waals surface area contributed by atoms with Gasteiger partial charge in [0.1, 0.15) is 5.75 Å². The van der Waals surface area contributed by atoms with Gasteiger partial charge in [0.05, 0.1) is 18.6 Å². The maximum absolute atomic E-state index is 14.7. The fraction of sp³-hybridized carbons (Fsp3) is 0.364. The number of allylic oxidation sites excluding steroid dienone is 1. The Morgan fingerprint density at radius 3 is 2.30 bits per heavy atom. The van der Waals surface area contributed by atoms with E-state index in [1.807, 2.05) is 78.9 Å². The molecule has 6 rings (SSSR count). The van der Waals surface area contributed by atoms with Crippen LogP contribution in [-0.2, 0) is 9.53 Å². The van der Waals surface area contributed by atoms with Crippen LogP contribution in [0.3, 0.4) is 0 Å². The van der Waals surface area contributed by atoms with Crippen LogP contribution in [0.15, 0.2) is 90.5 Å². The smallest absolute Gasteiger partial charge is 0.169 e. The first-order valence-electron chi connectivity index (χ1n) is 13.4. The van der Waals surface area contributed by atoms with Gasteiger partial charge in [-0.1, -0.05) is 79.2 Å². The third kappa shape index (κ3) is 4.03. The summed E-state index contributed by atoms with van der Waals surface area (Å²) in [6.45, 7) is 0. The quantitative estimate of drug-likeness (QED) is 0.403. The van der Waals surface area contributed by atoms with E-state index in [1.165, 1.54) is 0 Å². The van der Waals surface area contributed by atoms with E-state index in [4.69, 9.17) is 9.47 Å². The molecule has 3 fully saturated rings. The van der Waals surface area contributed by atoms with Crippen molar-refractivity contribution >= 4 is 11.9 Å². The molecule has 5 unspecified atom stereocenters. The van der Waals surface area contributed by atoms with Crippen LogP contribution in [0.2, 0.25) is 0 Å². The molecule has 0 aromatic heterocycles. The summed E-state index contributed by atoms with van der Waals surface area (Å²) in [7, 11) is 1.66. The number of methoxy groups -OCH3 is 1. The molecule has 4 nitrogen and oxygen atoms in total. The average Bonchev–Trinajstić information content (AvgIpc) is 3.25. The van der Waals surface area contributed by atoms with Gasteiger partial charge in [-0.3, -0.25) is 4.79 Å². The molecule has 1 aliphatic heterocycles. The van der Waals surface area contributed by atoms with E-state index in [-0.39, 0.29) is 17.6 Å². The molecule has 5 atom stereocenters. The zero-order valence-corrected chi connectivity index (χ0v) is 21.3. The fourth-order valence-electron chi connectivity index (χ4n) is 7.20. The molecule has 37 heavy (non-hydrogen) atoms. The largest absolute Gasteiger partial charge is 0.497 e. The standard InChI is InChI=1S/C33H34O4/c1-36-27-17-15-24(16-18-27)29-28-14-8-9-20-33(28,35)37-31(25-12-6-3-7-13-25)32(29)21-19-26(30(32)34)22-23-10-4-2-5-11-23/h2-7,10-13,15-18,22,28-29,31,35H,8-9,14,19-21H2,1H3. The number of benzene rings is 3. The van der Waals surface area contributed by atoms with E-state index >= 15 is 0 Å². The third-order valence-electron chi connectivity index (χ3n) is 8.87. The molecule has 0 amide bonds. The van der Waals surface area contributed by atoms with Crippen LogP contribution in [0.1, 0.15) is 67.2 Å². The minimum absolute atomic E-state index is 0.152. The van der Waals surface area contributed by atoms with Gasteiger partial charge in [0.15, 0.2) is 11.6 Å². The molecule has 3 aliphatic rings. The van der Waals surface area contributed by atoms with Crippen molar-refractivity contribution < 1.29 is 19.4 Å². The number of hydrogen-bond donors (Lipinski definition) is 1. The second kappa shape index (κ2) is 9.59. The second-order valence-electron chi connectivity index (χ2n) is 10.8. The molecule has 2 saturated carbocycles. The number of ether oxygens (including phenoxy) is 2. The Balaban J connectivity index is 1.55. The molecule has 1 N–H and O–H groups in total. The normalized spacial score (nSPS) is 32.4. The predicted molar refractivity (Wildman–Crippen MR) is 144 cm³/mol. The molecule has 1 spiro atoms. The highest BCUT2D eigenvalue weighted by Gasteiger charge is 2.66. The Hall–Kier alpha value is -3.21. The Morgan fingerprint density at radius 1 is 0.892 bits per heavy atom. The predicted octanol–water partition coefficient (Wildman–Crippen LogP) is 6.86. The zero-order chi connectivity index (χ0) is 25.5. The number of hydrogen-bond acceptors (Lipinski definition) is 4. The van der Waals surface area contributed by atoms with E-state index in [2.05, 4.69) is 12.1 Å². The topological polar surface area (TPSA) is 55.8 Å².